The predicted octanol–water partition coefficient (Wildman–Crippen LogP) is 4.87. The van der Waals surface area contributed by atoms with Gasteiger partial charge in [0.1, 0.15) is 0 Å². The second-order valence-electron chi connectivity index (χ2n) is 5.65. The highest BCUT2D eigenvalue weighted by molar-refractivity contribution is 6.00. The number of hydrogen-bond acceptors (Lipinski definition) is 1. The van der Waals surface area contributed by atoms with Crippen LogP contribution in [0.1, 0.15) is 27.8 Å². The minimum Gasteiger partial charge on any atom is -0.308 e. The lowest BCUT2D eigenvalue weighted by molar-refractivity contribution is 0.262. The molecule has 2 N–H and O–H groups in total. The largest absolute Gasteiger partial charge is 0.323 e. The maximum absolute atomic E-state index is 12.1. The number of nitrogens with one attached hydrogen (secondary N) is 2. The lowest BCUT2D eigenvalue weighted by Gasteiger charge is -2.14. The summed E-state index contributed by atoms with van der Waals surface area (Å²) in [5.74, 6) is 0. The van der Waals surface area contributed by atoms with E-state index < -0.39 is 0 Å². The van der Waals surface area contributed by atoms with E-state index in [2.05, 4.69) is 36.6 Å². The number of rotatable bonds is 2. The molecule has 2 aromatic rings. The average molecular weight is 282 g/mol. The predicted molar refractivity (Wildman–Crippen MR) is 89.2 cm³/mol. The van der Waals surface area contributed by atoms with Crippen LogP contribution in [0.2, 0.25) is 0 Å². The maximum atomic E-state index is 12.1. The summed E-state index contributed by atoms with van der Waals surface area (Å²) in [5.41, 5.74) is 7.40. The maximum Gasteiger partial charge on any atom is 0.323 e. The van der Waals surface area contributed by atoms with E-state index in [0.29, 0.717) is 0 Å². The lowest BCUT2D eigenvalue weighted by Crippen LogP contribution is -2.20. The summed E-state index contributed by atoms with van der Waals surface area (Å²) < 4.78 is 0. The van der Waals surface area contributed by atoms with Crippen molar-refractivity contribution in [1.29, 1.82) is 0 Å². The van der Waals surface area contributed by atoms with Gasteiger partial charge in [0, 0.05) is 11.4 Å². The SMILES string of the molecule is Cc1cc(C)c(NC(=O)Nc2ccc(C)c(C)c2)c(C)c1. The minimum atomic E-state index is -0.215. The molecule has 0 aromatic heterocycles. The summed E-state index contributed by atoms with van der Waals surface area (Å²) in [6, 6.07) is 9.82. The molecule has 0 heterocycles. The van der Waals surface area contributed by atoms with Crippen molar-refractivity contribution in [2.75, 3.05) is 10.6 Å². The van der Waals surface area contributed by atoms with Gasteiger partial charge in [-0.3, -0.25) is 0 Å². The molecule has 3 heteroatoms. The topological polar surface area (TPSA) is 41.1 Å². The van der Waals surface area contributed by atoms with Gasteiger partial charge in [-0.1, -0.05) is 23.8 Å². The molecule has 0 aliphatic heterocycles. The average Bonchev–Trinajstić information content (AvgIpc) is 2.38. The molecule has 0 unspecified atom stereocenters. The molecule has 110 valence electrons. The number of anilines is 2. The van der Waals surface area contributed by atoms with Crippen molar-refractivity contribution in [3.8, 4) is 0 Å². The lowest BCUT2D eigenvalue weighted by atomic mass is 10.1. The van der Waals surface area contributed by atoms with Crippen molar-refractivity contribution in [1.82, 2.24) is 0 Å². The van der Waals surface area contributed by atoms with Crippen LogP contribution in [0.5, 0.6) is 0 Å². The fourth-order valence-corrected chi connectivity index (χ4v) is 2.47. The van der Waals surface area contributed by atoms with E-state index in [4.69, 9.17) is 0 Å². The molecule has 3 nitrogen and oxygen atoms in total. The molecular weight excluding hydrogens is 260 g/mol. The molecule has 0 saturated carbocycles. The number of amides is 2. The summed E-state index contributed by atoms with van der Waals surface area (Å²) in [6.45, 7) is 10.2. The number of benzene rings is 2. The minimum absolute atomic E-state index is 0.215. The molecule has 0 aliphatic carbocycles. The summed E-state index contributed by atoms with van der Waals surface area (Å²) in [7, 11) is 0. The van der Waals surface area contributed by atoms with Gasteiger partial charge in [-0.05, 0) is 69.0 Å². The van der Waals surface area contributed by atoms with E-state index >= 15 is 0 Å². The quantitative estimate of drug-likeness (QED) is 0.810. The van der Waals surface area contributed by atoms with Crippen LogP contribution in [-0.4, -0.2) is 6.03 Å². The van der Waals surface area contributed by atoms with Gasteiger partial charge in [0.2, 0.25) is 0 Å². The molecule has 0 saturated heterocycles. The molecule has 2 rings (SSSR count). The van der Waals surface area contributed by atoms with E-state index in [-0.39, 0.29) is 6.03 Å². The first-order valence-corrected chi connectivity index (χ1v) is 7.10. The van der Waals surface area contributed by atoms with Crippen LogP contribution >= 0.6 is 0 Å². The summed E-state index contributed by atoms with van der Waals surface area (Å²) in [4.78, 5) is 12.1. The van der Waals surface area contributed by atoms with Gasteiger partial charge in [0.25, 0.3) is 0 Å². The Morgan fingerprint density at radius 3 is 1.95 bits per heavy atom. The smallest absolute Gasteiger partial charge is 0.308 e. The highest BCUT2D eigenvalue weighted by Gasteiger charge is 2.08. The zero-order valence-corrected chi connectivity index (χ0v) is 13.3. The van der Waals surface area contributed by atoms with Crippen LogP contribution in [-0.2, 0) is 0 Å². The number of aryl methyl sites for hydroxylation is 5. The summed E-state index contributed by atoms with van der Waals surface area (Å²) in [5, 5.41) is 5.82. The van der Waals surface area contributed by atoms with Crippen LogP contribution in [0.3, 0.4) is 0 Å². The van der Waals surface area contributed by atoms with Crippen LogP contribution in [0.25, 0.3) is 0 Å². The fourth-order valence-electron chi connectivity index (χ4n) is 2.47. The second kappa shape index (κ2) is 6.00. The molecular formula is C18H22N2O. The van der Waals surface area contributed by atoms with Gasteiger partial charge in [0.15, 0.2) is 0 Å². The Balaban J connectivity index is 2.13. The van der Waals surface area contributed by atoms with Crippen molar-refractivity contribution >= 4 is 17.4 Å². The van der Waals surface area contributed by atoms with Gasteiger partial charge in [-0.15, -0.1) is 0 Å². The first-order chi connectivity index (χ1) is 9.86. The number of hydrogen-bond donors (Lipinski definition) is 2. The summed E-state index contributed by atoms with van der Waals surface area (Å²) >= 11 is 0. The highest BCUT2D eigenvalue weighted by atomic mass is 16.2. The molecule has 0 fully saturated rings. The first kappa shape index (κ1) is 15.1. The zero-order valence-electron chi connectivity index (χ0n) is 13.3. The number of carbonyl (C=O) groups excluding carboxylic acids is 1. The van der Waals surface area contributed by atoms with E-state index in [9.17, 15) is 4.79 Å². The Kier molecular flexibility index (Phi) is 4.32. The molecule has 0 spiro atoms. The third-order valence-corrected chi connectivity index (χ3v) is 3.68. The summed E-state index contributed by atoms with van der Waals surface area (Å²) in [6.07, 6.45) is 0. The Morgan fingerprint density at radius 1 is 0.762 bits per heavy atom. The van der Waals surface area contributed by atoms with Crippen LogP contribution in [0, 0.1) is 34.6 Å². The zero-order chi connectivity index (χ0) is 15.6. The Morgan fingerprint density at radius 2 is 1.38 bits per heavy atom. The second-order valence-corrected chi connectivity index (χ2v) is 5.65. The highest BCUT2D eigenvalue weighted by Crippen LogP contribution is 2.22. The van der Waals surface area contributed by atoms with Crippen molar-refractivity contribution in [3.63, 3.8) is 0 Å². The molecule has 0 radical (unpaired) electrons. The third-order valence-electron chi connectivity index (χ3n) is 3.68. The van der Waals surface area contributed by atoms with Gasteiger partial charge < -0.3 is 10.6 Å². The monoisotopic (exact) mass is 282 g/mol. The third kappa shape index (κ3) is 3.63. The van der Waals surface area contributed by atoms with E-state index in [0.717, 1.165) is 28.1 Å². The molecule has 2 aromatic carbocycles. The van der Waals surface area contributed by atoms with Crippen LogP contribution in [0.15, 0.2) is 30.3 Å². The molecule has 0 aliphatic rings. The molecule has 2 amide bonds. The van der Waals surface area contributed by atoms with Crippen molar-refractivity contribution in [3.05, 3.63) is 58.1 Å². The van der Waals surface area contributed by atoms with Crippen molar-refractivity contribution in [2.24, 2.45) is 0 Å². The van der Waals surface area contributed by atoms with E-state index in [1.54, 1.807) is 0 Å². The van der Waals surface area contributed by atoms with Gasteiger partial charge in [-0.25, -0.2) is 4.79 Å². The van der Waals surface area contributed by atoms with Crippen molar-refractivity contribution in [2.45, 2.75) is 34.6 Å². The Bertz CT molecular complexity index is 667. The van der Waals surface area contributed by atoms with Gasteiger partial charge in [0.05, 0.1) is 0 Å². The van der Waals surface area contributed by atoms with Gasteiger partial charge in [-0.2, -0.15) is 0 Å². The molecule has 0 bridgehead atoms. The first-order valence-electron chi connectivity index (χ1n) is 7.10. The molecule has 21 heavy (non-hydrogen) atoms. The van der Waals surface area contributed by atoms with Crippen LogP contribution in [0.4, 0.5) is 16.2 Å². The number of carbonyl (C=O) groups is 1. The molecule has 0 atom stereocenters. The van der Waals surface area contributed by atoms with Crippen molar-refractivity contribution < 1.29 is 4.79 Å². The number of urea groups is 1. The standard InChI is InChI=1S/C18H22N2O/c1-11-8-14(4)17(15(5)9-11)20-18(21)19-16-7-6-12(2)13(3)10-16/h6-10H,1-5H3,(H2,19,20,21). The fraction of sp³-hybridized carbons (Fsp3) is 0.278. The Labute approximate surface area is 126 Å². The van der Waals surface area contributed by atoms with Crippen LogP contribution < -0.4 is 10.6 Å². The Hall–Kier alpha value is -2.29. The normalized spacial score (nSPS) is 10.3. The van der Waals surface area contributed by atoms with E-state index in [1.165, 1.54) is 11.1 Å². The van der Waals surface area contributed by atoms with E-state index in [1.807, 2.05) is 39.0 Å². The van der Waals surface area contributed by atoms with Gasteiger partial charge >= 0.3 is 6.03 Å².